The Morgan fingerprint density at radius 3 is 2.53 bits per heavy atom. The van der Waals surface area contributed by atoms with Crippen molar-refractivity contribution >= 4 is 16.5 Å². The summed E-state index contributed by atoms with van der Waals surface area (Å²) in [4.78, 5) is 6.82. The molecular weight excluding hydrogens is 208 g/mol. The molecule has 1 aromatic heterocycles. The van der Waals surface area contributed by atoms with Gasteiger partial charge in [-0.25, -0.2) is 4.98 Å². The van der Waals surface area contributed by atoms with Crippen molar-refractivity contribution in [3.8, 4) is 0 Å². The van der Waals surface area contributed by atoms with Gasteiger partial charge in [0.05, 0.1) is 11.8 Å². The van der Waals surface area contributed by atoms with Crippen LogP contribution in [0.2, 0.25) is 0 Å². The SMILES string of the molecule is CC(O)c1csc(N2CCCCCC2)n1. The number of aromatic nitrogens is 1. The zero-order valence-corrected chi connectivity index (χ0v) is 9.96. The minimum absolute atomic E-state index is 0.443. The Morgan fingerprint density at radius 2 is 2.00 bits per heavy atom. The molecule has 0 aliphatic carbocycles. The predicted octanol–water partition coefficient (Wildman–Crippen LogP) is 2.58. The summed E-state index contributed by atoms with van der Waals surface area (Å²) in [6.45, 7) is 4.00. The first-order valence-corrected chi connectivity index (χ1v) is 6.54. The van der Waals surface area contributed by atoms with Gasteiger partial charge in [-0.2, -0.15) is 0 Å². The van der Waals surface area contributed by atoms with E-state index >= 15 is 0 Å². The maximum atomic E-state index is 9.42. The van der Waals surface area contributed by atoms with Crippen LogP contribution < -0.4 is 4.90 Å². The quantitative estimate of drug-likeness (QED) is 0.842. The van der Waals surface area contributed by atoms with Gasteiger partial charge in [-0.3, -0.25) is 0 Å². The molecular formula is C11H18N2OS. The average Bonchev–Trinajstić information content (AvgIpc) is 2.55. The highest BCUT2D eigenvalue weighted by atomic mass is 32.1. The van der Waals surface area contributed by atoms with Crippen LogP contribution in [0.25, 0.3) is 0 Å². The highest BCUT2D eigenvalue weighted by Crippen LogP contribution is 2.25. The Hall–Kier alpha value is -0.610. The Kier molecular flexibility index (Phi) is 3.59. The van der Waals surface area contributed by atoms with E-state index < -0.39 is 6.10 Å². The number of hydrogen-bond donors (Lipinski definition) is 1. The van der Waals surface area contributed by atoms with Gasteiger partial charge >= 0.3 is 0 Å². The summed E-state index contributed by atoms with van der Waals surface area (Å²) in [5.74, 6) is 0. The predicted molar refractivity (Wildman–Crippen MR) is 63.4 cm³/mol. The Balaban J connectivity index is 2.06. The topological polar surface area (TPSA) is 36.4 Å². The number of rotatable bonds is 2. The van der Waals surface area contributed by atoms with Gasteiger partial charge in [0.2, 0.25) is 0 Å². The molecule has 0 amide bonds. The molecule has 1 aliphatic heterocycles. The molecule has 84 valence electrons. The number of aliphatic hydroxyl groups excluding tert-OH is 1. The summed E-state index contributed by atoms with van der Waals surface area (Å²) in [7, 11) is 0. The van der Waals surface area contributed by atoms with Crippen LogP contribution >= 0.6 is 11.3 Å². The molecule has 2 heterocycles. The maximum absolute atomic E-state index is 9.42. The van der Waals surface area contributed by atoms with Crippen LogP contribution in [0, 0.1) is 0 Å². The van der Waals surface area contributed by atoms with Crippen LogP contribution in [0.1, 0.15) is 44.4 Å². The molecule has 2 rings (SSSR count). The van der Waals surface area contributed by atoms with E-state index in [1.165, 1.54) is 25.7 Å². The number of anilines is 1. The van der Waals surface area contributed by atoms with Gasteiger partial charge < -0.3 is 10.0 Å². The van der Waals surface area contributed by atoms with Crippen molar-refractivity contribution in [3.05, 3.63) is 11.1 Å². The van der Waals surface area contributed by atoms with Crippen molar-refractivity contribution in [1.29, 1.82) is 0 Å². The number of hydrogen-bond acceptors (Lipinski definition) is 4. The molecule has 1 unspecified atom stereocenters. The fourth-order valence-electron chi connectivity index (χ4n) is 1.88. The summed E-state index contributed by atoms with van der Waals surface area (Å²) >= 11 is 1.65. The second-order valence-corrected chi connectivity index (χ2v) is 4.97. The number of aliphatic hydroxyl groups is 1. The van der Waals surface area contributed by atoms with Gasteiger partial charge in [0, 0.05) is 18.5 Å². The van der Waals surface area contributed by atoms with E-state index in [-0.39, 0.29) is 0 Å². The van der Waals surface area contributed by atoms with E-state index in [0.717, 1.165) is 23.9 Å². The van der Waals surface area contributed by atoms with E-state index in [9.17, 15) is 5.11 Å². The van der Waals surface area contributed by atoms with E-state index in [1.54, 1.807) is 18.3 Å². The average molecular weight is 226 g/mol. The van der Waals surface area contributed by atoms with Gasteiger partial charge in [-0.05, 0) is 19.8 Å². The lowest BCUT2D eigenvalue weighted by molar-refractivity contribution is 0.195. The standard InChI is InChI=1S/C11H18N2OS/c1-9(14)10-8-15-11(12-10)13-6-4-2-3-5-7-13/h8-9,14H,2-7H2,1H3. The molecule has 1 atom stereocenters. The minimum atomic E-state index is -0.443. The van der Waals surface area contributed by atoms with Gasteiger partial charge in [0.25, 0.3) is 0 Å². The lowest BCUT2D eigenvalue weighted by Crippen LogP contribution is -2.23. The van der Waals surface area contributed by atoms with Crippen molar-refractivity contribution in [1.82, 2.24) is 4.98 Å². The fraction of sp³-hybridized carbons (Fsp3) is 0.727. The molecule has 1 aliphatic rings. The lowest BCUT2D eigenvalue weighted by atomic mass is 10.2. The first-order valence-electron chi connectivity index (χ1n) is 5.66. The van der Waals surface area contributed by atoms with Crippen LogP contribution in [-0.2, 0) is 0 Å². The van der Waals surface area contributed by atoms with E-state index in [4.69, 9.17) is 0 Å². The molecule has 1 N–H and O–H groups in total. The summed E-state index contributed by atoms with van der Waals surface area (Å²) < 4.78 is 0. The van der Waals surface area contributed by atoms with Gasteiger partial charge in [-0.15, -0.1) is 11.3 Å². The number of thiazole rings is 1. The first-order chi connectivity index (χ1) is 7.27. The largest absolute Gasteiger partial charge is 0.387 e. The summed E-state index contributed by atoms with van der Waals surface area (Å²) in [5, 5.41) is 12.5. The maximum Gasteiger partial charge on any atom is 0.185 e. The van der Waals surface area contributed by atoms with Crippen LogP contribution in [0.5, 0.6) is 0 Å². The van der Waals surface area contributed by atoms with Crippen LogP contribution in [0.15, 0.2) is 5.38 Å². The third-order valence-corrected chi connectivity index (χ3v) is 3.73. The van der Waals surface area contributed by atoms with E-state index in [1.807, 2.05) is 5.38 Å². The second-order valence-electron chi connectivity index (χ2n) is 4.13. The van der Waals surface area contributed by atoms with Crippen molar-refractivity contribution in [2.45, 2.75) is 38.7 Å². The molecule has 3 nitrogen and oxygen atoms in total. The van der Waals surface area contributed by atoms with Crippen LogP contribution in [0.4, 0.5) is 5.13 Å². The molecule has 1 saturated heterocycles. The normalized spacial score (nSPS) is 20.0. The Labute approximate surface area is 94.8 Å². The molecule has 1 fully saturated rings. The molecule has 0 bridgehead atoms. The summed E-state index contributed by atoms with van der Waals surface area (Å²) in [6.07, 6.45) is 4.77. The molecule has 0 spiro atoms. The van der Waals surface area contributed by atoms with E-state index in [0.29, 0.717) is 0 Å². The highest BCUT2D eigenvalue weighted by molar-refractivity contribution is 7.13. The van der Waals surface area contributed by atoms with Crippen molar-refractivity contribution < 1.29 is 5.11 Å². The zero-order chi connectivity index (χ0) is 10.7. The Morgan fingerprint density at radius 1 is 1.33 bits per heavy atom. The van der Waals surface area contributed by atoms with Crippen LogP contribution in [0.3, 0.4) is 0 Å². The first kappa shape index (κ1) is 10.9. The van der Waals surface area contributed by atoms with E-state index in [2.05, 4.69) is 9.88 Å². The third-order valence-electron chi connectivity index (χ3n) is 2.81. The Bertz CT molecular complexity index is 303. The monoisotopic (exact) mass is 226 g/mol. The summed E-state index contributed by atoms with van der Waals surface area (Å²) in [5.41, 5.74) is 0.805. The zero-order valence-electron chi connectivity index (χ0n) is 9.15. The van der Waals surface area contributed by atoms with Crippen LogP contribution in [-0.4, -0.2) is 23.2 Å². The lowest BCUT2D eigenvalue weighted by Gasteiger charge is -2.18. The molecule has 0 aromatic carbocycles. The van der Waals surface area contributed by atoms with Gasteiger partial charge in [-0.1, -0.05) is 12.8 Å². The van der Waals surface area contributed by atoms with Crippen molar-refractivity contribution in [2.24, 2.45) is 0 Å². The third kappa shape index (κ3) is 2.69. The smallest absolute Gasteiger partial charge is 0.185 e. The molecule has 0 saturated carbocycles. The minimum Gasteiger partial charge on any atom is -0.387 e. The molecule has 0 radical (unpaired) electrons. The molecule has 15 heavy (non-hydrogen) atoms. The molecule has 4 heteroatoms. The number of nitrogens with zero attached hydrogens (tertiary/aromatic N) is 2. The van der Waals surface area contributed by atoms with Gasteiger partial charge in [0.15, 0.2) is 5.13 Å². The van der Waals surface area contributed by atoms with Crippen molar-refractivity contribution in [3.63, 3.8) is 0 Å². The molecule has 1 aromatic rings. The summed E-state index contributed by atoms with van der Waals surface area (Å²) in [6, 6.07) is 0. The second kappa shape index (κ2) is 4.94. The van der Waals surface area contributed by atoms with Crippen molar-refractivity contribution in [2.75, 3.05) is 18.0 Å². The fourth-order valence-corrected chi connectivity index (χ4v) is 2.84. The highest BCUT2D eigenvalue weighted by Gasteiger charge is 2.14. The van der Waals surface area contributed by atoms with Gasteiger partial charge in [0.1, 0.15) is 0 Å².